The minimum absolute atomic E-state index is 0.00766. The van der Waals surface area contributed by atoms with Gasteiger partial charge in [0.15, 0.2) is 6.29 Å². The average molecular weight is 807 g/mol. The Labute approximate surface area is 358 Å². The summed E-state index contributed by atoms with van der Waals surface area (Å²) >= 11 is 0. The Bertz CT molecular complexity index is 2140. The topological polar surface area (TPSA) is 154 Å². The molecule has 8 atom stereocenters. The summed E-state index contributed by atoms with van der Waals surface area (Å²) in [5.41, 5.74) is 5.72. The number of carbonyl (C=O) groups excluding carboxylic acids is 1. The van der Waals surface area contributed by atoms with Crippen LogP contribution < -0.4 is 11.1 Å². The predicted octanol–water partition coefficient (Wildman–Crippen LogP) is 2.40. The molecule has 0 spiro atoms. The second-order valence-electron chi connectivity index (χ2n) is 13.4. The smallest absolute Gasteiger partial charge is 0.297 e. The van der Waals surface area contributed by atoms with Crippen LogP contribution in [0.1, 0.15) is 104 Å². The highest BCUT2D eigenvalue weighted by atomic mass is 16.7. The summed E-state index contributed by atoms with van der Waals surface area (Å²) in [7, 11) is 0. The number of hydrogen-bond acceptors (Lipinski definition) is 8. The molecular formula is C51H54N2O7. The Morgan fingerprint density at radius 2 is 1.03 bits per heavy atom. The molecule has 0 bridgehead atoms. The molecule has 0 radical (unpaired) electrons. The standard InChI is InChI=1S/C51H54N2O7/c1-4-6-8-10-12-14-16-18-19-20-21-22-23-24-25-26-27-28-30-32-34-36-38-40-47(55)53-44(42-59-51-49(57)43(3)48(56)46(41-52)60-51)50(58)45(54)39-37-35-33-31-29-17-15-13-11-9-7-5-2/h43-46,48-51,54,56-58H,5,7,9,11,13,15,17,29,31,33,35,37,39,41-42,52H2,1-3H3,(H,53,55)/t43-,44-,45+,46?,48+,49?,50-,51-/m0/s1. The molecule has 9 heteroatoms. The quantitative estimate of drug-likeness (QED) is 0.0811. The number of unbranched alkanes of at least 4 members (excludes halogenated alkanes) is 11. The lowest BCUT2D eigenvalue weighted by Crippen LogP contribution is -2.57. The Hall–Kier alpha value is -6.09. The van der Waals surface area contributed by atoms with Crippen LogP contribution in [0.2, 0.25) is 0 Å². The van der Waals surface area contributed by atoms with Crippen molar-refractivity contribution in [1.29, 1.82) is 0 Å². The summed E-state index contributed by atoms with van der Waals surface area (Å²) < 4.78 is 11.4. The Morgan fingerprint density at radius 1 is 0.633 bits per heavy atom. The van der Waals surface area contributed by atoms with E-state index in [9.17, 15) is 25.2 Å². The normalized spacial score (nSPS) is 17.8. The van der Waals surface area contributed by atoms with Gasteiger partial charge in [0, 0.05) is 53.9 Å². The fourth-order valence-corrected chi connectivity index (χ4v) is 5.49. The number of aliphatic hydroxyl groups is 4. The molecule has 1 aliphatic heterocycles. The van der Waals surface area contributed by atoms with Crippen LogP contribution in [0.4, 0.5) is 0 Å². The van der Waals surface area contributed by atoms with E-state index in [1.807, 2.05) is 0 Å². The number of carbonyl (C=O) groups is 1. The zero-order valence-electron chi connectivity index (χ0n) is 34.8. The van der Waals surface area contributed by atoms with Crippen LogP contribution in [-0.4, -0.2) is 82.3 Å². The average Bonchev–Trinajstić information content (AvgIpc) is 3.25. The highest BCUT2D eigenvalue weighted by molar-refractivity contribution is 5.94. The molecule has 60 heavy (non-hydrogen) atoms. The molecule has 1 saturated heterocycles. The van der Waals surface area contributed by atoms with Gasteiger partial charge in [-0.1, -0.05) is 96.8 Å². The number of nitrogens with one attached hydrogen (secondary N) is 1. The van der Waals surface area contributed by atoms with E-state index in [-0.39, 0.29) is 13.2 Å². The molecule has 1 amide bonds. The molecular weight excluding hydrogens is 753 g/mol. The van der Waals surface area contributed by atoms with Crippen molar-refractivity contribution in [3.63, 3.8) is 0 Å². The van der Waals surface area contributed by atoms with Gasteiger partial charge in [0.05, 0.1) is 31.0 Å². The molecule has 0 aromatic heterocycles. The molecule has 0 aliphatic carbocycles. The third-order valence-corrected chi connectivity index (χ3v) is 8.81. The number of aliphatic hydroxyl groups excluding tert-OH is 4. The zero-order chi connectivity index (χ0) is 43.9. The van der Waals surface area contributed by atoms with Crippen molar-refractivity contribution in [2.45, 2.75) is 147 Å². The monoisotopic (exact) mass is 806 g/mol. The summed E-state index contributed by atoms with van der Waals surface area (Å²) in [5, 5.41) is 45.5. The minimum Gasteiger partial charge on any atom is -0.390 e. The maximum Gasteiger partial charge on any atom is 0.297 e. The van der Waals surface area contributed by atoms with Crippen LogP contribution in [0.15, 0.2) is 0 Å². The molecule has 2 unspecified atom stereocenters. The number of hydrogen-bond donors (Lipinski definition) is 6. The van der Waals surface area contributed by atoms with Crippen molar-refractivity contribution < 1.29 is 34.7 Å². The maximum atomic E-state index is 12.7. The number of ether oxygens (including phenoxy) is 2. The molecule has 0 saturated carbocycles. The van der Waals surface area contributed by atoms with Gasteiger partial charge in [-0.25, -0.2) is 0 Å². The lowest BCUT2D eigenvalue weighted by molar-refractivity contribution is -0.283. The van der Waals surface area contributed by atoms with Gasteiger partial charge >= 0.3 is 0 Å². The van der Waals surface area contributed by atoms with E-state index in [1.54, 1.807) is 13.8 Å². The largest absolute Gasteiger partial charge is 0.390 e. The highest BCUT2D eigenvalue weighted by Crippen LogP contribution is 2.26. The first-order chi connectivity index (χ1) is 29.3. The van der Waals surface area contributed by atoms with E-state index in [4.69, 9.17) is 15.2 Å². The van der Waals surface area contributed by atoms with E-state index in [1.165, 1.54) is 51.4 Å². The molecule has 1 aliphatic rings. The van der Waals surface area contributed by atoms with Gasteiger partial charge in [0.1, 0.15) is 12.2 Å². The molecule has 0 aromatic carbocycles. The Kier molecular flexibility index (Phi) is 31.2. The summed E-state index contributed by atoms with van der Waals surface area (Å²) in [4.78, 5) is 12.7. The number of rotatable bonds is 20. The Morgan fingerprint density at radius 3 is 1.45 bits per heavy atom. The lowest BCUT2D eigenvalue weighted by atomic mass is 9.90. The van der Waals surface area contributed by atoms with Gasteiger partial charge in [-0.05, 0) is 108 Å². The highest BCUT2D eigenvalue weighted by Gasteiger charge is 2.42. The van der Waals surface area contributed by atoms with Gasteiger partial charge < -0.3 is 41.0 Å². The van der Waals surface area contributed by atoms with Gasteiger partial charge in [-0.2, -0.15) is 0 Å². The molecule has 310 valence electrons. The van der Waals surface area contributed by atoms with Crippen molar-refractivity contribution in [2.24, 2.45) is 11.7 Å². The van der Waals surface area contributed by atoms with Crippen molar-refractivity contribution in [2.75, 3.05) is 13.2 Å². The molecule has 9 nitrogen and oxygen atoms in total. The van der Waals surface area contributed by atoms with Gasteiger partial charge in [0.25, 0.3) is 5.91 Å². The summed E-state index contributed by atoms with van der Waals surface area (Å²) in [6.07, 6.45) is 7.54. The third kappa shape index (κ3) is 26.0. The fourth-order valence-electron chi connectivity index (χ4n) is 5.49. The second-order valence-corrected chi connectivity index (χ2v) is 13.4. The first kappa shape index (κ1) is 51.9. The maximum absolute atomic E-state index is 12.7. The molecule has 1 rings (SSSR count). The van der Waals surface area contributed by atoms with E-state index in [0.717, 1.165) is 19.3 Å². The fraction of sp³-hybridized carbons (Fsp3) is 0.510. The zero-order valence-corrected chi connectivity index (χ0v) is 34.8. The summed E-state index contributed by atoms with van der Waals surface area (Å²) in [6, 6.07) is -1.12. The molecule has 1 heterocycles. The van der Waals surface area contributed by atoms with Crippen LogP contribution >= 0.6 is 0 Å². The van der Waals surface area contributed by atoms with Gasteiger partial charge in [-0.15, -0.1) is 0 Å². The van der Waals surface area contributed by atoms with E-state index >= 15 is 0 Å². The first-order valence-electron chi connectivity index (χ1n) is 20.2. The number of nitrogens with two attached hydrogens (primary N) is 1. The van der Waals surface area contributed by atoms with E-state index < -0.39 is 54.7 Å². The van der Waals surface area contributed by atoms with Crippen LogP contribution in [0.25, 0.3) is 0 Å². The third-order valence-electron chi connectivity index (χ3n) is 8.81. The first-order valence-corrected chi connectivity index (χ1v) is 20.2. The van der Waals surface area contributed by atoms with Crippen LogP contribution in [0, 0.1) is 148 Å². The van der Waals surface area contributed by atoms with Gasteiger partial charge in [0.2, 0.25) is 0 Å². The molecule has 0 aromatic rings. The lowest BCUT2D eigenvalue weighted by Gasteiger charge is -2.41. The number of amides is 1. The summed E-state index contributed by atoms with van der Waals surface area (Å²) in [5.74, 6) is 58.3. The van der Waals surface area contributed by atoms with Crippen molar-refractivity contribution in [3.05, 3.63) is 0 Å². The van der Waals surface area contributed by atoms with Crippen molar-refractivity contribution in [3.8, 4) is 142 Å². The molecule has 1 fully saturated rings. The summed E-state index contributed by atoms with van der Waals surface area (Å²) in [6.45, 7) is 5.20. The van der Waals surface area contributed by atoms with Crippen molar-refractivity contribution in [1.82, 2.24) is 5.32 Å². The Balaban J connectivity index is 2.73. The second kappa shape index (κ2) is 36.0. The van der Waals surface area contributed by atoms with Crippen LogP contribution in [0.5, 0.6) is 0 Å². The predicted molar refractivity (Wildman–Crippen MR) is 233 cm³/mol. The van der Waals surface area contributed by atoms with Crippen LogP contribution in [-0.2, 0) is 14.3 Å². The SMILES string of the molecule is CC#CC#CC#CC#CC#CC#CC#CC#CC#CC#CC#CC#CC(=O)N[C@@H](CO[C@H]1OC(CN)[C@H](O)[C@H](C)C1O)[C@H](O)[C@H](O)CCCCCCCCCCCCCC. The van der Waals surface area contributed by atoms with Gasteiger partial charge in [-0.3, -0.25) is 4.79 Å². The van der Waals surface area contributed by atoms with E-state index in [0.29, 0.717) is 12.8 Å². The van der Waals surface area contributed by atoms with E-state index in [2.05, 4.69) is 154 Å². The molecule has 7 N–H and O–H groups in total. The van der Waals surface area contributed by atoms with Crippen LogP contribution in [0.3, 0.4) is 0 Å². The van der Waals surface area contributed by atoms with Crippen molar-refractivity contribution >= 4 is 5.91 Å². The minimum atomic E-state index is -1.42.